The predicted octanol–water partition coefficient (Wildman–Crippen LogP) is -0.552. The van der Waals surface area contributed by atoms with Crippen molar-refractivity contribution in [3.8, 4) is 0 Å². The zero-order valence-corrected chi connectivity index (χ0v) is 14.2. The molecule has 0 aromatic heterocycles. The third-order valence-corrected chi connectivity index (χ3v) is 4.96. The van der Waals surface area contributed by atoms with E-state index in [2.05, 4.69) is 15.3 Å². The summed E-state index contributed by atoms with van der Waals surface area (Å²) < 4.78 is 11.0. The molecule has 3 heterocycles. The minimum atomic E-state index is -0.175. The monoisotopic (exact) mass is 338 g/mol. The molecule has 1 N–H and O–H groups in total. The molecule has 24 heavy (non-hydrogen) atoms. The van der Waals surface area contributed by atoms with Crippen molar-refractivity contribution in [1.29, 1.82) is 0 Å². The van der Waals surface area contributed by atoms with Crippen molar-refractivity contribution in [2.45, 2.75) is 25.3 Å². The van der Waals surface area contributed by atoms with Gasteiger partial charge in [0, 0.05) is 58.1 Å². The molecule has 8 nitrogen and oxygen atoms in total. The normalized spacial score (nSPS) is 27.0. The molecule has 0 aliphatic carbocycles. The molecule has 2 fully saturated rings. The van der Waals surface area contributed by atoms with Gasteiger partial charge in [-0.2, -0.15) is 5.10 Å². The van der Waals surface area contributed by atoms with Crippen molar-refractivity contribution >= 4 is 17.5 Å². The van der Waals surface area contributed by atoms with Gasteiger partial charge in [0.15, 0.2) is 0 Å². The number of rotatable bonds is 5. The molecule has 0 aromatic rings. The zero-order valence-electron chi connectivity index (χ0n) is 14.2. The van der Waals surface area contributed by atoms with Crippen LogP contribution < -0.4 is 5.32 Å². The highest BCUT2D eigenvalue weighted by Gasteiger charge is 2.32. The second-order valence-corrected chi connectivity index (χ2v) is 6.51. The summed E-state index contributed by atoms with van der Waals surface area (Å²) in [4.78, 5) is 26.3. The van der Waals surface area contributed by atoms with Crippen molar-refractivity contribution < 1.29 is 19.1 Å². The Bertz CT molecular complexity index is 498. The first-order chi connectivity index (χ1) is 11.6. The molecule has 0 unspecified atom stereocenters. The summed E-state index contributed by atoms with van der Waals surface area (Å²) in [5.74, 6) is 0.202. The van der Waals surface area contributed by atoms with Crippen molar-refractivity contribution in [2.24, 2.45) is 11.0 Å². The average Bonchev–Trinajstić information content (AvgIpc) is 3.12. The molecular weight excluding hydrogens is 312 g/mol. The Morgan fingerprint density at radius 1 is 1.29 bits per heavy atom. The molecule has 0 aromatic carbocycles. The minimum Gasteiger partial charge on any atom is -0.381 e. The molecule has 3 aliphatic heterocycles. The Hall–Kier alpha value is -1.51. The maximum atomic E-state index is 12.4. The van der Waals surface area contributed by atoms with Gasteiger partial charge < -0.3 is 14.8 Å². The van der Waals surface area contributed by atoms with Crippen LogP contribution in [0.3, 0.4) is 0 Å². The Morgan fingerprint density at radius 2 is 2.08 bits per heavy atom. The molecule has 3 aliphatic rings. The standard InChI is InChI=1S/C16H26N4O4/c1-19-15(21)3-2-13(18-19)16(22)17-10-14(12-4-7-24-11-12)20-5-8-23-9-6-20/h12,14H,2-11H2,1H3,(H,17,22)/t12-,14-/m0/s1. The lowest BCUT2D eigenvalue weighted by Gasteiger charge is -2.37. The first kappa shape index (κ1) is 17.3. The van der Waals surface area contributed by atoms with E-state index in [9.17, 15) is 9.59 Å². The van der Waals surface area contributed by atoms with E-state index in [4.69, 9.17) is 9.47 Å². The van der Waals surface area contributed by atoms with Crippen LogP contribution in [0.1, 0.15) is 19.3 Å². The summed E-state index contributed by atoms with van der Waals surface area (Å²) >= 11 is 0. The van der Waals surface area contributed by atoms with Crippen LogP contribution in [0.15, 0.2) is 5.10 Å². The quantitative estimate of drug-likeness (QED) is 0.727. The molecule has 8 heteroatoms. The number of nitrogens with one attached hydrogen (secondary N) is 1. The first-order valence-electron chi connectivity index (χ1n) is 8.67. The Morgan fingerprint density at radius 3 is 2.75 bits per heavy atom. The highest BCUT2D eigenvalue weighted by Crippen LogP contribution is 2.22. The van der Waals surface area contributed by atoms with Gasteiger partial charge in [-0.05, 0) is 6.42 Å². The van der Waals surface area contributed by atoms with E-state index in [1.54, 1.807) is 7.05 Å². The molecule has 0 bridgehead atoms. The molecule has 134 valence electrons. The molecule has 3 rings (SSSR count). The number of hydrogen-bond donors (Lipinski definition) is 1. The number of amides is 2. The number of hydrogen-bond acceptors (Lipinski definition) is 6. The van der Waals surface area contributed by atoms with Crippen LogP contribution in [0, 0.1) is 5.92 Å². The van der Waals surface area contributed by atoms with Gasteiger partial charge in [-0.1, -0.05) is 0 Å². The van der Waals surface area contributed by atoms with Gasteiger partial charge in [0.05, 0.1) is 19.8 Å². The van der Waals surface area contributed by atoms with Crippen LogP contribution in [0.2, 0.25) is 0 Å². The summed E-state index contributed by atoms with van der Waals surface area (Å²) in [6.45, 7) is 5.35. The lowest BCUT2D eigenvalue weighted by atomic mass is 9.96. The third kappa shape index (κ3) is 4.12. The molecule has 0 spiro atoms. The SMILES string of the molecule is CN1N=C(C(=O)NC[C@@H]([C@H]2CCOC2)N2CCOCC2)CCC1=O. The van der Waals surface area contributed by atoms with Crippen LogP contribution in [-0.4, -0.2) is 86.6 Å². The van der Waals surface area contributed by atoms with E-state index in [1.165, 1.54) is 5.01 Å². The van der Waals surface area contributed by atoms with Crippen LogP contribution in [-0.2, 0) is 19.1 Å². The molecule has 2 atom stereocenters. The van der Waals surface area contributed by atoms with E-state index in [1.807, 2.05) is 0 Å². The lowest BCUT2D eigenvalue weighted by molar-refractivity contribution is -0.130. The average molecular weight is 338 g/mol. The second-order valence-electron chi connectivity index (χ2n) is 6.51. The van der Waals surface area contributed by atoms with Crippen molar-refractivity contribution in [2.75, 3.05) is 53.1 Å². The van der Waals surface area contributed by atoms with Gasteiger partial charge >= 0.3 is 0 Å². The van der Waals surface area contributed by atoms with Crippen molar-refractivity contribution in [3.63, 3.8) is 0 Å². The lowest BCUT2D eigenvalue weighted by Crippen LogP contribution is -2.53. The summed E-state index contributed by atoms with van der Waals surface area (Å²) in [5, 5.41) is 8.35. The second kappa shape index (κ2) is 8.04. The maximum absolute atomic E-state index is 12.4. The van der Waals surface area contributed by atoms with E-state index in [0.717, 1.165) is 45.9 Å². The van der Waals surface area contributed by atoms with Crippen molar-refractivity contribution in [3.05, 3.63) is 0 Å². The molecule has 0 radical (unpaired) electrons. The molecule has 2 amide bonds. The van der Waals surface area contributed by atoms with Crippen LogP contribution in [0.25, 0.3) is 0 Å². The number of ether oxygens (including phenoxy) is 2. The maximum Gasteiger partial charge on any atom is 0.267 e. The molecular formula is C16H26N4O4. The number of morpholine rings is 1. The van der Waals surface area contributed by atoms with Gasteiger partial charge in [-0.25, -0.2) is 5.01 Å². The smallest absolute Gasteiger partial charge is 0.267 e. The highest BCUT2D eigenvalue weighted by atomic mass is 16.5. The Labute approximate surface area is 142 Å². The Kier molecular flexibility index (Phi) is 5.80. The van der Waals surface area contributed by atoms with Gasteiger partial charge in [-0.15, -0.1) is 0 Å². The first-order valence-corrected chi connectivity index (χ1v) is 8.67. The molecule has 2 saturated heterocycles. The zero-order chi connectivity index (χ0) is 16.9. The largest absolute Gasteiger partial charge is 0.381 e. The highest BCUT2D eigenvalue weighted by molar-refractivity contribution is 6.39. The van der Waals surface area contributed by atoms with Gasteiger partial charge in [0.25, 0.3) is 5.91 Å². The van der Waals surface area contributed by atoms with Gasteiger partial charge in [0.1, 0.15) is 5.71 Å². The van der Waals surface area contributed by atoms with Crippen molar-refractivity contribution in [1.82, 2.24) is 15.2 Å². The van der Waals surface area contributed by atoms with Crippen LogP contribution >= 0.6 is 0 Å². The van der Waals surface area contributed by atoms with E-state index in [0.29, 0.717) is 31.0 Å². The van der Waals surface area contributed by atoms with Gasteiger partial charge in [-0.3, -0.25) is 14.5 Å². The van der Waals surface area contributed by atoms with E-state index in [-0.39, 0.29) is 17.9 Å². The Balaban J connectivity index is 1.59. The fourth-order valence-electron chi connectivity index (χ4n) is 3.49. The topological polar surface area (TPSA) is 83.5 Å². The van der Waals surface area contributed by atoms with E-state index >= 15 is 0 Å². The van der Waals surface area contributed by atoms with E-state index < -0.39 is 0 Å². The number of hydrazone groups is 1. The predicted molar refractivity (Wildman–Crippen MR) is 87.6 cm³/mol. The van der Waals surface area contributed by atoms with Gasteiger partial charge in [0.2, 0.25) is 5.91 Å². The van der Waals surface area contributed by atoms with Crippen LogP contribution in [0.5, 0.6) is 0 Å². The third-order valence-electron chi connectivity index (χ3n) is 4.96. The fraction of sp³-hybridized carbons (Fsp3) is 0.812. The summed E-state index contributed by atoms with van der Waals surface area (Å²) in [5.41, 5.74) is 0.431. The minimum absolute atomic E-state index is 0.0548. The summed E-state index contributed by atoms with van der Waals surface area (Å²) in [6.07, 6.45) is 1.77. The number of carbonyl (C=O) groups excluding carboxylic acids is 2. The van der Waals surface area contributed by atoms with Crippen LogP contribution in [0.4, 0.5) is 0 Å². The number of nitrogens with zero attached hydrogens (tertiary/aromatic N) is 3. The fourth-order valence-corrected chi connectivity index (χ4v) is 3.49. The molecule has 0 saturated carbocycles. The summed E-state index contributed by atoms with van der Waals surface area (Å²) in [7, 11) is 1.58. The number of carbonyl (C=O) groups is 2. The summed E-state index contributed by atoms with van der Waals surface area (Å²) in [6, 6.07) is 0.254.